The third-order valence-corrected chi connectivity index (χ3v) is 1.54. The zero-order valence-electron chi connectivity index (χ0n) is 6.56. The van der Waals surface area contributed by atoms with E-state index in [1.807, 2.05) is 0 Å². The molecule has 0 aromatic rings. The van der Waals surface area contributed by atoms with Crippen molar-refractivity contribution >= 4 is 0 Å². The average molecular weight is 126 g/mol. The van der Waals surface area contributed by atoms with Crippen molar-refractivity contribution in [1.82, 2.24) is 0 Å². The maximum Gasteiger partial charge on any atom is 0.105 e. The van der Waals surface area contributed by atoms with E-state index in [1.54, 1.807) is 0 Å². The Kier molecular flexibility index (Phi) is 1.39. The van der Waals surface area contributed by atoms with Crippen LogP contribution in [0.1, 0.15) is 27.7 Å². The Morgan fingerprint density at radius 2 is 1.89 bits per heavy atom. The van der Waals surface area contributed by atoms with Gasteiger partial charge < -0.3 is 4.74 Å². The second kappa shape index (κ2) is 1.84. The number of ether oxygens (including phenoxy) is 1. The maximum absolute atomic E-state index is 5.34. The molecule has 1 rings (SSSR count). The van der Waals surface area contributed by atoms with Crippen LogP contribution in [0.4, 0.5) is 0 Å². The van der Waals surface area contributed by atoms with E-state index < -0.39 is 0 Å². The lowest BCUT2D eigenvalue weighted by molar-refractivity contribution is 0.333. The van der Waals surface area contributed by atoms with Crippen LogP contribution in [-0.4, -0.2) is 11.7 Å². The zero-order valence-corrected chi connectivity index (χ0v) is 6.56. The van der Waals surface area contributed by atoms with Crippen molar-refractivity contribution in [2.45, 2.75) is 39.4 Å². The Bertz CT molecular complexity index is 141. The van der Waals surface area contributed by atoms with Crippen LogP contribution in [0.25, 0.3) is 0 Å². The second-order valence-electron chi connectivity index (χ2n) is 3.39. The van der Waals surface area contributed by atoms with Gasteiger partial charge in [0, 0.05) is 0 Å². The van der Waals surface area contributed by atoms with E-state index in [0.29, 0.717) is 6.10 Å². The first-order valence-corrected chi connectivity index (χ1v) is 3.35. The molecular weight excluding hydrogens is 112 g/mol. The average Bonchev–Trinajstić information content (AvgIpc) is 2.10. The van der Waals surface area contributed by atoms with E-state index in [2.05, 4.69) is 33.8 Å². The predicted octanol–water partition coefficient (Wildman–Crippen LogP) is 2.13. The summed E-state index contributed by atoms with van der Waals surface area (Å²) >= 11 is 0. The fourth-order valence-electron chi connectivity index (χ4n) is 0.831. The molecule has 0 N–H and O–H groups in total. The molecule has 52 valence electrons. The van der Waals surface area contributed by atoms with Gasteiger partial charge in [-0.2, -0.15) is 0 Å². The molecule has 0 aromatic carbocycles. The molecule has 1 saturated heterocycles. The van der Waals surface area contributed by atoms with E-state index in [4.69, 9.17) is 4.74 Å². The largest absolute Gasteiger partial charge is 0.362 e. The van der Waals surface area contributed by atoms with Crippen LogP contribution in [0.15, 0.2) is 11.6 Å². The second-order valence-corrected chi connectivity index (χ2v) is 3.39. The molecule has 9 heavy (non-hydrogen) atoms. The Labute approximate surface area is 56.7 Å². The molecule has 0 bridgehead atoms. The van der Waals surface area contributed by atoms with Gasteiger partial charge in [0.2, 0.25) is 0 Å². The molecule has 1 aliphatic heterocycles. The molecule has 1 aliphatic rings. The van der Waals surface area contributed by atoms with Crippen molar-refractivity contribution in [3.05, 3.63) is 11.6 Å². The standard InChI is InChI=1S/C8H14O/c1-6(2)5-7-8(3,4)9-7/h5,7H,1-4H3. The normalized spacial score (nSPS) is 29.6. The van der Waals surface area contributed by atoms with Crippen molar-refractivity contribution in [3.63, 3.8) is 0 Å². The minimum Gasteiger partial charge on any atom is -0.362 e. The number of rotatable bonds is 1. The molecule has 1 atom stereocenters. The third-order valence-electron chi connectivity index (χ3n) is 1.54. The van der Waals surface area contributed by atoms with E-state index in [9.17, 15) is 0 Å². The van der Waals surface area contributed by atoms with Gasteiger partial charge in [0.25, 0.3) is 0 Å². The van der Waals surface area contributed by atoms with Crippen molar-refractivity contribution < 1.29 is 4.74 Å². The van der Waals surface area contributed by atoms with Crippen molar-refractivity contribution in [3.8, 4) is 0 Å². The highest BCUT2D eigenvalue weighted by Crippen LogP contribution is 2.36. The molecule has 1 fully saturated rings. The number of allylic oxidation sites excluding steroid dienone is 1. The summed E-state index contributed by atoms with van der Waals surface area (Å²) in [7, 11) is 0. The highest BCUT2D eigenvalue weighted by atomic mass is 16.6. The van der Waals surface area contributed by atoms with Crippen LogP contribution in [0.3, 0.4) is 0 Å². The summed E-state index contributed by atoms with van der Waals surface area (Å²) in [5.74, 6) is 0. The number of epoxide rings is 1. The fraction of sp³-hybridized carbons (Fsp3) is 0.750. The zero-order chi connectivity index (χ0) is 7.07. The lowest BCUT2D eigenvalue weighted by Crippen LogP contribution is -1.99. The van der Waals surface area contributed by atoms with Gasteiger partial charge in [-0.25, -0.2) is 0 Å². The van der Waals surface area contributed by atoms with Crippen LogP contribution in [0.2, 0.25) is 0 Å². The molecular formula is C8H14O. The van der Waals surface area contributed by atoms with Gasteiger partial charge >= 0.3 is 0 Å². The molecule has 1 nitrogen and oxygen atoms in total. The predicted molar refractivity (Wildman–Crippen MR) is 38.4 cm³/mol. The van der Waals surface area contributed by atoms with Gasteiger partial charge in [-0.1, -0.05) is 11.6 Å². The minimum absolute atomic E-state index is 0.122. The molecule has 0 aromatic heterocycles. The Morgan fingerprint density at radius 1 is 1.44 bits per heavy atom. The van der Waals surface area contributed by atoms with Gasteiger partial charge in [-0.05, 0) is 27.7 Å². The van der Waals surface area contributed by atoms with Gasteiger partial charge in [-0.15, -0.1) is 0 Å². The van der Waals surface area contributed by atoms with Gasteiger partial charge in [-0.3, -0.25) is 0 Å². The van der Waals surface area contributed by atoms with Gasteiger partial charge in [0.1, 0.15) is 6.10 Å². The third kappa shape index (κ3) is 1.55. The molecule has 0 spiro atoms. The van der Waals surface area contributed by atoms with Crippen LogP contribution in [-0.2, 0) is 4.74 Å². The van der Waals surface area contributed by atoms with Crippen LogP contribution >= 0.6 is 0 Å². The van der Waals surface area contributed by atoms with Gasteiger partial charge in [0.05, 0.1) is 5.60 Å². The minimum atomic E-state index is 0.122. The highest BCUT2D eigenvalue weighted by molar-refractivity contribution is 5.12. The lowest BCUT2D eigenvalue weighted by Gasteiger charge is -1.89. The Hall–Kier alpha value is -0.300. The van der Waals surface area contributed by atoms with E-state index in [1.165, 1.54) is 5.57 Å². The number of hydrogen-bond acceptors (Lipinski definition) is 1. The van der Waals surface area contributed by atoms with Crippen molar-refractivity contribution in [2.75, 3.05) is 0 Å². The molecule has 0 aliphatic carbocycles. The van der Waals surface area contributed by atoms with Gasteiger partial charge in [0.15, 0.2) is 0 Å². The summed E-state index contributed by atoms with van der Waals surface area (Å²) in [6.07, 6.45) is 2.54. The van der Waals surface area contributed by atoms with Crippen LogP contribution in [0.5, 0.6) is 0 Å². The fourth-order valence-corrected chi connectivity index (χ4v) is 0.831. The van der Waals surface area contributed by atoms with Crippen LogP contribution in [0, 0.1) is 0 Å². The number of hydrogen-bond donors (Lipinski definition) is 0. The molecule has 1 heteroatoms. The Morgan fingerprint density at radius 3 is 2.00 bits per heavy atom. The summed E-state index contributed by atoms with van der Waals surface area (Å²) in [5, 5.41) is 0. The van der Waals surface area contributed by atoms with Crippen LogP contribution < -0.4 is 0 Å². The summed E-state index contributed by atoms with van der Waals surface area (Å²) in [6, 6.07) is 0. The first-order chi connectivity index (χ1) is 4.02. The van der Waals surface area contributed by atoms with E-state index >= 15 is 0 Å². The van der Waals surface area contributed by atoms with Crippen molar-refractivity contribution in [2.24, 2.45) is 0 Å². The van der Waals surface area contributed by atoms with Crippen molar-refractivity contribution in [1.29, 1.82) is 0 Å². The first kappa shape index (κ1) is 6.81. The van der Waals surface area contributed by atoms with E-state index in [0.717, 1.165) is 0 Å². The van der Waals surface area contributed by atoms with E-state index in [-0.39, 0.29) is 5.60 Å². The smallest absolute Gasteiger partial charge is 0.105 e. The summed E-state index contributed by atoms with van der Waals surface area (Å²) in [4.78, 5) is 0. The Balaban J connectivity index is 2.45. The first-order valence-electron chi connectivity index (χ1n) is 3.35. The lowest BCUT2D eigenvalue weighted by atomic mass is 10.1. The maximum atomic E-state index is 5.34. The molecule has 0 radical (unpaired) electrons. The quantitative estimate of drug-likeness (QED) is 0.387. The summed E-state index contributed by atoms with van der Waals surface area (Å²) < 4.78 is 5.34. The topological polar surface area (TPSA) is 12.5 Å². The summed E-state index contributed by atoms with van der Waals surface area (Å²) in [6.45, 7) is 8.41. The molecule has 0 saturated carbocycles. The molecule has 0 amide bonds. The summed E-state index contributed by atoms with van der Waals surface area (Å²) in [5.41, 5.74) is 1.46. The molecule has 1 heterocycles. The SMILES string of the molecule is CC(C)=CC1OC1(C)C. The molecule has 1 unspecified atom stereocenters. The highest BCUT2D eigenvalue weighted by Gasteiger charge is 2.45. The monoisotopic (exact) mass is 126 g/mol.